The van der Waals surface area contributed by atoms with Crippen LogP contribution in [0.15, 0.2) is 24.3 Å². The van der Waals surface area contributed by atoms with Crippen LogP contribution in [0.3, 0.4) is 0 Å². The van der Waals surface area contributed by atoms with Crippen molar-refractivity contribution in [1.82, 2.24) is 5.32 Å². The molecule has 0 fully saturated rings. The van der Waals surface area contributed by atoms with Crippen LogP contribution in [0.4, 0.5) is 15.3 Å². The largest absolute Gasteiger partial charge is 0.513 e. The quantitative estimate of drug-likeness (QED) is 0.436. The van der Waals surface area contributed by atoms with Gasteiger partial charge in [0, 0.05) is 18.8 Å². The lowest BCUT2D eigenvalue weighted by Gasteiger charge is -2.10. The number of nitrogens with one attached hydrogen (secondary N) is 2. The van der Waals surface area contributed by atoms with Gasteiger partial charge < -0.3 is 24.8 Å². The van der Waals surface area contributed by atoms with Crippen molar-refractivity contribution in [1.29, 1.82) is 0 Å². The molecule has 0 aliphatic carbocycles. The SMILES string of the molecule is CCOC(=O)Oc1ccc(NC(=O)NCCCOC(C)C)cc1. The van der Waals surface area contributed by atoms with Crippen molar-refractivity contribution >= 4 is 17.9 Å². The summed E-state index contributed by atoms with van der Waals surface area (Å²) in [5.41, 5.74) is 0.595. The highest BCUT2D eigenvalue weighted by molar-refractivity contribution is 5.89. The van der Waals surface area contributed by atoms with Crippen molar-refractivity contribution in [2.24, 2.45) is 0 Å². The fourth-order valence-corrected chi connectivity index (χ4v) is 1.62. The summed E-state index contributed by atoms with van der Waals surface area (Å²) in [6.07, 6.45) is 0.187. The zero-order chi connectivity index (χ0) is 17.1. The molecule has 0 heterocycles. The standard InChI is InChI=1S/C16H24N2O5/c1-4-21-16(20)23-14-8-6-13(7-9-14)18-15(19)17-10-5-11-22-12(2)3/h6-9,12H,4-5,10-11H2,1-3H3,(H2,17,18,19). The molecule has 1 aromatic carbocycles. The number of carbonyl (C=O) groups excluding carboxylic acids is 2. The number of hydrogen-bond acceptors (Lipinski definition) is 5. The van der Waals surface area contributed by atoms with Crippen LogP contribution in [-0.4, -0.2) is 38.0 Å². The summed E-state index contributed by atoms with van der Waals surface area (Å²) >= 11 is 0. The third-order valence-corrected chi connectivity index (χ3v) is 2.63. The van der Waals surface area contributed by atoms with E-state index in [1.54, 1.807) is 31.2 Å². The van der Waals surface area contributed by atoms with Gasteiger partial charge in [0.05, 0.1) is 12.7 Å². The van der Waals surface area contributed by atoms with Crippen molar-refractivity contribution in [3.63, 3.8) is 0 Å². The molecule has 0 bridgehead atoms. The van der Waals surface area contributed by atoms with Crippen molar-refractivity contribution in [3.8, 4) is 5.75 Å². The smallest absolute Gasteiger partial charge is 0.434 e. The van der Waals surface area contributed by atoms with Crippen LogP contribution in [0.2, 0.25) is 0 Å². The number of hydrogen-bond donors (Lipinski definition) is 2. The van der Waals surface area contributed by atoms with Crippen LogP contribution in [0.1, 0.15) is 27.2 Å². The van der Waals surface area contributed by atoms with E-state index in [0.29, 0.717) is 24.6 Å². The van der Waals surface area contributed by atoms with Gasteiger partial charge in [0.2, 0.25) is 0 Å². The highest BCUT2D eigenvalue weighted by Gasteiger charge is 2.06. The minimum absolute atomic E-state index is 0.194. The molecule has 1 rings (SSSR count). The van der Waals surface area contributed by atoms with Gasteiger partial charge in [-0.1, -0.05) is 0 Å². The van der Waals surface area contributed by atoms with Gasteiger partial charge in [0.15, 0.2) is 0 Å². The first kappa shape index (κ1) is 18.8. The predicted molar refractivity (Wildman–Crippen MR) is 86.8 cm³/mol. The molecular weight excluding hydrogens is 300 g/mol. The van der Waals surface area contributed by atoms with Crippen LogP contribution < -0.4 is 15.4 Å². The number of carbonyl (C=O) groups is 2. The Morgan fingerprint density at radius 2 is 1.87 bits per heavy atom. The zero-order valence-corrected chi connectivity index (χ0v) is 13.8. The second-order valence-corrected chi connectivity index (χ2v) is 4.96. The van der Waals surface area contributed by atoms with Gasteiger partial charge in [-0.3, -0.25) is 0 Å². The molecule has 1 aromatic rings. The van der Waals surface area contributed by atoms with Crippen LogP contribution >= 0.6 is 0 Å². The van der Waals surface area contributed by atoms with Crippen LogP contribution in [-0.2, 0) is 9.47 Å². The van der Waals surface area contributed by atoms with E-state index in [1.807, 2.05) is 13.8 Å². The maximum atomic E-state index is 11.7. The van der Waals surface area contributed by atoms with E-state index in [2.05, 4.69) is 15.4 Å². The Labute approximate surface area is 136 Å². The normalized spacial score (nSPS) is 10.3. The van der Waals surface area contributed by atoms with Crippen molar-refractivity contribution in [2.75, 3.05) is 25.1 Å². The zero-order valence-electron chi connectivity index (χ0n) is 13.8. The molecule has 0 aliphatic heterocycles. The summed E-state index contributed by atoms with van der Waals surface area (Å²) in [6, 6.07) is 6.12. The molecule has 0 spiro atoms. The van der Waals surface area contributed by atoms with Gasteiger partial charge >= 0.3 is 12.2 Å². The molecule has 0 saturated carbocycles. The molecule has 0 aliphatic rings. The highest BCUT2D eigenvalue weighted by atomic mass is 16.7. The lowest BCUT2D eigenvalue weighted by molar-refractivity contribution is 0.0774. The summed E-state index contributed by atoms with van der Waals surface area (Å²) in [6.45, 7) is 7.02. The Morgan fingerprint density at radius 3 is 2.48 bits per heavy atom. The fourth-order valence-electron chi connectivity index (χ4n) is 1.62. The lowest BCUT2D eigenvalue weighted by atomic mass is 10.3. The third kappa shape index (κ3) is 8.67. The molecule has 2 amide bonds. The topological polar surface area (TPSA) is 85.9 Å². The molecule has 0 aromatic heterocycles. The van der Waals surface area contributed by atoms with Gasteiger partial charge in [-0.2, -0.15) is 0 Å². The summed E-state index contributed by atoms with van der Waals surface area (Å²) < 4.78 is 15.0. The van der Waals surface area contributed by atoms with Gasteiger partial charge in [-0.25, -0.2) is 9.59 Å². The van der Waals surface area contributed by atoms with E-state index >= 15 is 0 Å². The molecule has 23 heavy (non-hydrogen) atoms. The summed E-state index contributed by atoms with van der Waals surface area (Å²) in [5, 5.41) is 5.42. The second-order valence-electron chi connectivity index (χ2n) is 4.96. The van der Waals surface area contributed by atoms with E-state index in [9.17, 15) is 9.59 Å². The number of urea groups is 1. The van der Waals surface area contributed by atoms with Gasteiger partial charge in [-0.05, 0) is 51.5 Å². The maximum absolute atomic E-state index is 11.7. The Morgan fingerprint density at radius 1 is 1.17 bits per heavy atom. The molecule has 0 unspecified atom stereocenters. The first-order valence-electron chi connectivity index (χ1n) is 7.62. The first-order chi connectivity index (χ1) is 11.0. The van der Waals surface area contributed by atoms with Crippen LogP contribution in [0, 0.1) is 0 Å². The average molecular weight is 324 g/mol. The van der Waals surface area contributed by atoms with E-state index in [1.165, 1.54) is 0 Å². The summed E-state index contributed by atoms with van der Waals surface area (Å²) in [7, 11) is 0. The summed E-state index contributed by atoms with van der Waals surface area (Å²) in [5.74, 6) is 0.347. The molecule has 0 saturated heterocycles. The van der Waals surface area contributed by atoms with E-state index in [4.69, 9.17) is 9.47 Å². The minimum atomic E-state index is -0.755. The highest BCUT2D eigenvalue weighted by Crippen LogP contribution is 2.16. The Bertz CT molecular complexity index is 488. The number of rotatable bonds is 8. The van der Waals surface area contributed by atoms with Crippen LogP contribution in [0.25, 0.3) is 0 Å². The van der Waals surface area contributed by atoms with E-state index in [-0.39, 0.29) is 18.7 Å². The molecule has 0 radical (unpaired) electrons. The Hall–Kier alpha value is -2.28. The number of ether oxygens (including phenoxy) is 3. The first-order valence-corrected chi connectivity index (χ1v) is 7.62. The van der Waals surface area contributed by atoms with Crippen LogP contribution in [0.5, 0.6) is 5.75 Å². The van der Waals surface area contributed by atoms with Crippen molar-refractivity contribution in [3.05, 3.63) is 24.3 Å². The Kier molecular flexibility index (Phi) is 8.52. The minimum Gasteiger partial charge on any atom is -0.434 e. The van der Waals surface area contributed by atoms with Gasteiger partial charge in [0.25, 0.3) is 0 Å². The number of anilines is 1. The molecular formula is C16H24N2O5. The fraction of sp³-hybridized carbons (Fsp3) is 0.500. The molecule has 7 nitrogen and oxygen atoms in total. The number of benzene rings is 1. The Balaban J connectivity index is 2.28. The maximum Gasteiger partial charge on any atom is 0.513 e. The molecule has 7 heteroatoms. The van der Waals surface area contributed by atoms with Crippen molar-refractivity contribution in [2.45, 2.75) is 33.3 Å². The lowest BCUT2D eigenvalue weighted by Crippen LogP contribution is -2.30. The van der Waals surface area contributed by atoms with Crippen molar-refractivity contribution < 1.29 is 23.8 Å². The molecule has 128 valence electrons. The van der Waals surface area contributed by atoms with E-state index in [0.717, 1.165) is 6.42 Å². The van der Waals surface area contributed by atoms with E-state index < -0.39 is 6.16 Å². The predicted octanol–water partition coefficient (Wildman–Crippen LogP) is 3.16. The number of amides is 2. The third-order valence-electron chi connectivity index (χ3n) is 2.63. The average Bonchev–Trinajstić information content (AvgIpc) is 2.49. The molecule has 2 N–H and O–H groups in total. The monoisotopic (exact) mass is 324 g/mol. The van der Waals surface area contributed by atoms with Gasteiger partial charge in [0.1, 0.15) is 5.75 Å². The second kappa shape index (κ2) is 10.4. The molecule has 0 atom stereocenters. The van der Waals surface area contributed by atoms with Gasteiger partial charge in [-0.15, -0.1) is 0 Å². The summed E-state index contributed by atoms with van der Waals surface area (Å²) in [4.78, 5) is 22.8.